The van der Waals surface area contributed by atoms with E-state index in [1.165, 1.54) is 53.4 Å². The van der Waals surface area contributed by atoms with Crippen molar-refractivity contribution in [3.8, 4) is 17.2 Å². The zero-order valence-corrected chi connectivity index (χ0v) is 27.9. The first-order valence-corrected chi connectivity index (χ1v) is 17.4. The lowest BCUT2D eigenvalue weighted by Gasteiger charge is -2.31. The van der Waals surface area contributed by atoms with Crippen molar-refractivity contribution < 1.29 is 41.0 Å². The van der Waals surface area contributed by atoms with Crippen molar-refractivity contribution in [2.24, 2.45) is 0 Å². The molecule has 0 bridgehead atoms. The number of sulfonamides is 1. The number of nitrogens with one attached hydrogen (secondary N) is 2. The molecule has 1 aliphatic heterocycles. The third-order valence-corrected chi connectivity index (χ3v) is 9.43. The molecule has 13 heteroatoms. The van der Waals surface area contributed by atoms with Crippen LogP contribution in [0, 0.1) is 11.6 Å². The summed E-state index contributed by atoms with van der Waals surface area (Å²) in [5.41, 5.74) is 2.36. The number of hydrogen-bond donors (Lipinski definition) is 2. The molecule has 0 fully saturated rings. The molecular weight excluding hydrogens is 680 g/mol. The minimum Gasteiger partial charge on any atom is -0.484 e. The SMILES string of the molecule is O=C(NCc1ccc2c(c1)OCO2)[C@H](Cc1ccccc1)N(Cc1ccc(F)cc1)C(=O)COc1ccc(S(=O)(=O)Nc2ccc(F)cc2)cc1. The quantitative estimate of drug-likeness (QED) is 0.149. The van der Waals surface area contributed by atoms with E-state index in [0.29, 0.717) is 17.1 Å². The highest BCUT2D eigenvalue weighted by Crippen LogP contribution is 2.32. The Balaban J connectivity index is 1.20. The van der Waals surface area contributed by atoms with Crippen LogP contribution in [0.4, 0.5) is 14.5 Å². The molecule has 0 unspecified atom stereocenters. The second kappa shape index (κ2) is 15.7. The Bertz CT molecular complexity index is 2080. The van der Waals surface area contributed by atoms with Crippen LogP contribution in [0.2, 0.25) is 0 Å². The van der Waals surface area contributed by atoms with Gasteiger partial charge in [0, 0.05) is 25.2 Å². The number of benzene rings is 5. The lowest BCUT2D eigenvalue weighted by molar-refractivity contribution is -0.142. The number of rotatable bonds is 14. The molecular formula is C38H33F2N3O7S. The van der Waals surface area contributed by atoms with Gasteiger partial charge in [0.25, 0.3) is 15.9 Å². The third-order valence-electron chi connectivity index (χ3n) is 8.03. The molecule has 0 aromatic heterocycles. The largest absolute Gasteiger partial charge is 0.484 e. The highest BCUT2D eigenvalue weighted by atomic mass is 32.2. The summed E-state index contributed by atoms with van der Waals surface area (Å²) in [5.74, 6) is -0.510. The molecule has 1 atom stereocenters. The van der Waals surface area contributed by atoms with Crippen LogP contribution in [0.3, 0.4) is 0 Å². The third kappa shape index (κ3) is 9.19. The van der Waals surface area contributed by atoms with Crippen molar-refractivity contribution in [3.63, 3.8) is 0 Å². The molecule has 6 rings (SSSR count). The summed E-state index contributed by atoms with van der Waals surface area (Å²) in [7, 11) is -3.99. The Morgan fingerprint density at radius 1 is 0.765 bits per heavy atom. The molecule has 1 heterocycles. The Labute approximate surface area is 293 Å². The number of halogens is 2. The number of carbonyl (C=O) groups is 2. The summed E-state index contributed by atoms with van der Waals surface area (Å²) in [4.78, 5) is 29.2. The van der Waals surface area contributed by atoms with Gasteiger partial charge in [-0.2, -0.15) is 0 Å². The summed E-state index contributed by atoms with van der Waals surface area (Å²) in [6.45, 7) is -0.239. The molecule has 1 aliphatic rings. The first-order valence-electron chi connectivity index (χ1n) is 15.9. The van der Waals surface area contributed by atoms with Crippen molar-refractivity contribution in [2.75, 3.05) is 18.1 Å². The van der Waals surface area contributed by atoms with Gasteiger partial charge >= 0.3 is 0 Å². The van der Waals surface area contributed by atoms with Crippen molar-refractivity contribution >= 4 is 27.5 Å². The molecule has 0 spiro atoms. The first-order chi connectivity index (χ1) is 24.6. The Kier molecular flexibility index (Phi) is 10.8. The molecule has 10 nitrogen and oxygen atoms in total. The smallest absolute Gasteiger partial charge is 0.261 e. The number of anilines is 1. The summed E-state index contributed by atoms with van der Waals surface area (Å²) < 4.78 is 71.8. The lowest BCUT2D eigenvalue weighted by Crippen LogP contribution is -2.51. The predicted octanol–water partition coefficient (Wildman–Crippen LogP) is 5.83. The molecule has 2 N–H and O–H groups in total. The maximum absolute atomic E-state index is 14.0. The summed E-state index contributed by atoms with van der Waals surface area (Å²) in [6, 6.07) is 29.5. The summed E-state index contributed by atoms with van der Waals surface area (Å²) in [5, 5.41) is 2.94. The van der Waals surface area contributed by atoms with Gasteiger partial charge in [-0.25, -0.2) is 17.2 Å². The standard InChI is InChI=1S/C38H33F2N3O7S/c39-29-9-6-27(7-10-29)23-43(37(44)24-48-32-15-17-33(18-16-32)51(46,47)42-31-13-11-30(40)12-14-31)34(20-26-4-2-1-3-5-26)38(45)41-22-28-8-19-35-36(21-28)50-25-49-35/h1-19,21,34,42H,20,22-25H2,(H,41,45)/t34-/m0/s1. The minimum atomic E-state index is -3.99. The van der Waals surface area contributed by atoms with Crippen molar-refractivity contribution in [2.45, 2.75) is 30.4 Å². The van der Waals surface area contributed by atoms with E-state index in [4.69, 9.17) is 14.2 Å². The van der Waals surface area contributed by atoms with Crippen LogP contribution in [-0.4, -0.2) is 44.6 Å². The highest BCUT2D eigenvalue weighted by Gasteiger charge is 2.31. The van der Waals surface area contributed by atoms with Gasteiger partial charge in [0.05, 0.1) is 4.90 Å². The van der Waals surface area contributed by atoms with Crippen LogP contribution >= 0.6 is 0 Å². The van der Waals surface area contributed by atoms with E-state index in [1.54, 1.807) is 24.3 Å². The van der Waals surface area contributed by atoms with Gasteiger partial charge in [-0.05, 0) is 89.5 Å². The second-order valence-corrected chi connectivity index (χ2v) is 13.3. The number of ether oxygens (including phenoxy) is 3. The van der Waals surface area contributed by atoms with Crippen LogP contribution in [0.1, 0.15) is 16.7 Å². The molecule has 0 saturated heterocycles. The minimum absolute atomic E-state index is 0.0242. The van der Waals surface area contributed by atoms with Gasteiger partial charge < -0.3 is 24.4 Å². The fourth-order valence-corrected chi connectivity index (χ4v) is 6.43. The highest BCUT2D eigenvalue weighted by molar-refractivity contribution is 7.92. The van der Waals surface area contributed by atoms with Crippen molar-refractivity contribution in [3.05, 3.63) is 150 Å². The van der Waals surface area contributed by atoms with E-state index in [0.717, 1.165) is 23.3 Å². The van der Waals surface area contributed by atoms with E-state index in [9.17, 15) is 26.8 Å². The van der Waals surface area contributed by atoms with Gasteiger partial charge in [0.2, 0.25) is 12.7 Å². The summed E-state index contributed by atoms with van der Waals surface area (Å²) in [6.07, 6.45) is 0.175. The monoisotopic (exact) mass is 713 g/mol. The van der Waals surface area contributed by atoms with E-state index < -0.39 is 46.1 Å². The normalized spacial score (nSPS) is 12.5. The van der Waals surface area contributed by atoms with E-state index in [1.807, 2.05) is 36.4 Å². The summed E-state index contributed by atoms with van der Waals surface area (Å²) >= 11 is 0. The molecule has 5 aromatic carbocycles. The van der Waals surface area contributed by atoms with Gasteiger partial charge in [-0.15, -0.1) is 0 Å². The first kappa shape index (κ1) is 34.9. The number of amides is 2. The Hall–Kier alpha value is -5.95. The predicted molar refractivity (Wildman–Crippen MR) is 184 cm³/mol. The fraction of sp³-hybridized carbons (Fsp3) is 0.158. The maximum Gasteiger partial charge on any atom is 0.261 e. The van der Waals surface area contributed by atoms with Crippen LogP contribution in [0.5, 0.6) is 17.2 Å². The van der Waals surface area contributed by atoms with Crippen molar-refractivity contribution in [1.82, 2.24) is 10.2 Å². The van der Waals surface area contributed by atoms with Gasteiger partial charge in [0.1, 0.15) is 23.4 Å². The van der Waals surface area contributed by atoms with Crippen LogP contribution in [0.15, 0.2) is 126 Å². The molecule has 0 saturated carbocycles. The molecule has 0 radical (unpaired) electrons. The molecule has 262 valence electrons. The van der Waals surface area contributed by atoms with Gasteiger partial charge in [0.15, 0.2) is 18.1 Å². The lowest BCUT2D eigenvalue weighted by atomic mass is 10.0. The number of hydrogen-bond acceptors (Lipinski definition) is 7. The average Bonchev–Trinajstić information content (AvgIpc) is 3.61. The average molecular weight is 714 g/mol. The maximum atomic E-state index is 14.0. The van der Waals surface area contributed by atoms with Crippen molar-refractivity contribution in [1.29, 1.82) is 0 Å². The molecule has 0 aliphatic carbocycles. The second-order valence-electron chi connectivity index (χ2n) is 11.6. The number of fused-ring (bicyclic) bond motifs is 1. The Morgan fingerprint density at radius 2 is 1.41 bits per heavy atom. The van der Waals surface area contributed by atoms with Crippen LogP contribution in [0.25, 0.3) is 0 Å². The fourth-order valence-electron chi connectivity index (χ4n) is 5.37. The topological polar surface area (TPSA) is 123 Å². The van der Waals surface area contributed by atoms with Crippen LogP contribution < -0.4 is 24.2 Å². The van der Waals surface area contributed by atoms with Crippen LogP contribution in [-0.2, 0) is 39.1 Å². The molecule has 51 heavy (non-hydrogen) atoms. The van der Waals surface area contributed by atoms with E-state index in [2.05, 4.69) is 10.0 Å². The van der Waals surface area contributed by atoms with E-state index in [-0.39, 0.29) is 42.6 Å². The molecule has 5 aromatic rings. The molecule has 2 amide bonds. The number of nitrogens with zero attached hydrogens (tertiary/aromatic N) is 1. The van der Waals surface area contributed by atoms with Gasteiger partial charge in [-0.1, -0.05) is 48.5 Å². The van der Waals surface area contributed by atoms with E-state index >= 15 is 0 Å². The van der Waals surface area contributed by atoms with Gasteiger partial charge in [-0.3, -0.25) is 14.3 Å². The zero-order valence-electron chi connectivity index (χ0n) is 27.1. The number of carbonyl (C=O) groups excluding carboxylic acids is 2. The Morgan fingerprint density at radius 3 is 2.12 bits per heavy atom. The zero-order chi connectivity index (χ0) is 35.8.